The Morgan fingerprint density at radius 3 is 2.84 bits per heavy atom. The Balaban J connectivity index is 1.27. The van der Waals surface area contributed by atoms with Gasteiger partial charge in [-0.05, 0) is 67.0 Å². The molecule has 1 aromatic heterocycles. The van der Waals surface area contributed by atoms with Crippen molar-refractivity contribution in [1.82, 2.24) is 10.6 Å². The van der Waals surface area contributed by atoms with Gasteiger partial charge in [-0.3, -0.25) is 4.79 Å². The van der Waals surface area contributed by atoms with Crippen molar-refractivity contribution >= 4 is 5.91 Å². The van der Waals surface area contributed by atoms with E-state index in [0.717, 1.165) is 42.2 Å². The third-order valence-corrected chi connectivity index (χ3v) is 5.34. The molecule has 25 heavy (non-hydrogen) atoms. The number of furan rings is 1. The Kier molecular flexibility index (Phi) is 4.70. The maximum atomic E-state index is 12.3. The predicted octanol–water partition coefficient (Wildman–Crippen LogP) is 3.51. The molecule has 2 bridgehead atoms. The van der Waals surface area contributed by atoms with E-state index in [-0.39, 0.29) is 5.91 Å². The van der Waals surface area contributed by atoms with Gasteiger partial charge in [0.1, 0.15) is 5.76 Å². The Labute approximate surface area is 148 Å². The normalized spacial score (nSPS) is 23.9. The minimum Gasteiger partial charge on any atom is -0.467 e. The standard InChI is InChI=1S/C21H24N2O2/c24-21(23-14-20-5-2-8-25-20)18-4-1-3-16(11-18)12-22-13-19-10-15-6-7-17(19)9-15/h1-8,11,15,17,19,22H,9-10,12-14H2,(H,23,24). The summed E-state index contributed by atoms with van der Waals surface area (Å²) in [4.78, 5) is 12.3. The first-order chi connectivity index (χ1) is 12.3. The van der Waals surface area contributed by atoms with Crippen LogP contribution in [0.2, 0.25) is 0 Å². The van der Waals surface area contributed by atoms with Crippen LogP contribution in [-0.2, 0) is 13.1 Å². The molecule has 130 valence electrons. The number of allylic oxidation sites excluding steroid dienone is 2. The molecule has 1 saturated carbocycles. The molecule has 4 rings (SSSR count). The largest absolute Gasteiger partial charge is 0.467 e. The summed E-state index contributed by atoms with van der Waals surface area (Å²) in [6.07, 6.45) is 9.05. The van der Waals surface area contributed by atoms with E-state index in [4.69, 9.17) is 4.42 Å². The molecular weight excluding hydrogens is 312 g/mol. The first kappa shape index (κ1) is 16.2. The van der Waals surface area contributed by atoms with E-state index in [1.54, 1.807) is 6.26 Å². The zero-order valence-corrected chi connectivity index (χ0v) is 14.3. The van der Waals surface area contributed by atoms with Crippen molar-refractivity contribution in [3.63, 3.8) is 0 Å². The van der Waals surface area contributed by atoms with Crippen molar-refractivity contribution in [3.8, 4) is 0 Å². The summed E-state index contributed by atoms with van der Waals surface area (Å²) in [5, 5.41) is 6.46. The van der Waals surface area contributed by atoms with Crippen molar-refractivity contribution in [2.75, 3.05) is 6.54 Å². The van der Waals surface area contributed by atoms with E-state index in [2.05, 4.69) is 28.9 Å². The fourth-order valence-electron chi connectivity index (χ4n) is 4.04. The molecule has 3 atom stereocenters. The minimum atomic E-state index is -0.0727. The van der Waals surface area contributed by atoms with Crippen molar-refractivity contribution < 1.29 is 9.21 Å². The van der Waals surface area contributed by atoms with E-state index in [1.165, 1.54) is 12.8 Å². The van der Waals surface area contributed by atoms with Gasteiger partial charge >= 0.3 is 0 Å². The first-order valence-electron chi connectivity index (χ1n) is 9.06. The van der Waals surface area contributed by atoms with Gasteiger partial charge in [-0.1, -0.05) is 24.3 Å². The Bertz CT molecular complexity index is 751. The average molecular weight is 336 g/mol. The summed E-state index contributed by atoms with van der Waals surface area (Å²) < 4.78 is 5.24. The molecule has 4 nitrogen and oxygen atoms in total. The van der Waals surface area contributed by atoms with Crippen LogP contribution in [0, 0.1) is 17.8 Å². The molecule has 2 N–H and O–H groups in total. The quantitative estimate of drug-likeness (QED) is 0.761. The van der Waals surface area contributed by atoms with Crippen molar-refractivity contribution in [3.05, 3.63) is 71.7 Å². The number of hydrogen-bond acceptors (Lipinski definition) is 3. The van der Waals surface area contributed by atoms with E-state index in [9.17, 15) is 4.79 Å². The minimum absolute atomic E-state index is 0.0727. The number of carbonyl (C=O) groups excluding carboxylic acids is 1. The van der Waals surface area contributed by atoms with E-state index < -0.39 is 0 Å². The fourth-order valence-corrected chi connectivity index (χ4v) is 4.04. The molecule has 4 heteroatoms. The van der Waals surface area contributed by atoms with Crippen LogP contribution in [0.4, 0.5) is 0 Å². The molecular formula is C21H24N2O2. The molecule has 0 aliphatic heterocycles. The van der Waals surface area contributed by atoms with Crippen molar-refractivity contribution in [2.24, 2.45) is 17.8 Å². The smallest absolute Gasteiger partial charge is 0.251 e. The van der Waals surface area contributed by atoms with E-state index >= 15 is 0 Å². The van der Waals surface area contributed by atoms with Gasteiger partial charge in [-0.15, -0.1) is 0 Å². The molecule has 2 aromatic rings. The summed E-state index contributed by atoms with van der Waals surface area (Å²) in [7, 11) is 0. The highest BCUT2D eigenvalue weighted by Gasteiger charge is 2.34. The number of fused-ring (bicyclic) bond motifs is 2. The molecule has 3 unspecified atom stereocenters. The number of nitrogens with one attached hydrogen (secondary N) is 2. The number of benzene rings is 1. The van der Waals surface area contributed by atoms with Crippen LogP contribution in [0.25, 0.3) is 0 Å². The monoisotopic (exact) mass is 336 g/mol. The molecule has 0 spiro atoms. The summed E-state index contributed by atoms with van der Waals surface area (Å²) in [5.74, 6) is 3.05. The zero-order chi connectivity index (χ0) is 17.1. The van der Waals surface area contributed by atoms with Crippen LogP contribution in [-0.4, -0.2) is 12.5 Å². The molecule has 1 aromatic carbocycles. The number of hydrogen-bond donors (Lipinski definition) is 2. The molecule has 0 radical (unpaired) electrons. The molecule has 2 aliphatic carbocycles. The highest BCUT2D eigenvalue weighted by Crippen LogP contribution is 2.42. The molecule has 1 amide bonds. The molecule has 1 fully saturated rings. The van der Waals surface area contributed by atoms with Crippen LogP contribution in [0.3, 0.4) is 0 Å². The highest BCUT2D eigenvalue weighted by atomic mass is 16.3. The second-order valence-corrected chi connectivity index (χ2v) is 7.13. The van der Waals surface area contributed by atoms with Gasteiger partial charge in [0.15, 0.2) is 0 Å². The first-order valence-corrected chi connectivity index (χ1v) is 9.06. The molecule has 0 saturated heterocycles. The third kappa shape index (κ3) is 3.85. The maximum absolute atomic E-state index is 12.3. The second-order valence-electron chi connectivity index (χ2n) is 7.13. The number of amides is 1. The lowest BCUT2D eigenvalue weighted by Crippen LogP contribution is -2.25. The number of carbonyl (C=O) groups is 1. The summed E-state index contributed by atoms with van der Waals surface area (Å²) in [6.45, 7) is 2.27. The van der Waals surface area contributed by atoms with E-state index in [1.807, 2.05) is 30.3 Å². The van der Waals surface area contributed by atoms with Gasteiger partial charge in [-0.2, -0.15) is 0 Å². The average Bonchev–Trinajstić information content (AvgIpc) is 3.38. The van der Waals surface area contributed by atoms with Crippen LogP contribution in [0.1, 0.15) is 34.5 Å². The SMILES string of the molecule is O=C(NCc1ccco1)c1cccc(CNCC2CC3C=CC2C3)c1. The Hall–Kier alpha value is -2.33. The van der Waals surface area contributed by atoms with Gasteiger partial charge in [0.25, 0.3) is 5.91 Å². The van der Waals surface area contributed by atoms with Crippen LogP contribution >= 0.6 is 0 Å². The maximum Gasteiger partial charge on any atom is 0.251 e. The molecule has 1 heterocycles. The fraction of sp³-hybridized carbons (Fsp3) is 0.381. The lowest BCUT2D eigenvalue weighted by molar-refractivity contribution is 0.0948. The van der Waals surface area contributed by atoms with Gasteiger partial charge in [-0.25, -0.2) is 0 Å². The van der Waals surface area contributed by atoms with Gasteiger partial charge in [0.2, 0.25) is 0 Å². The van der Waals surface area contributed by atoms with E-state index in [0.29, 0.717) is 12.1 Å². The van der Waals surface area contributed by atoms with Crippen LogP contribution in [0.5, 0.6) is 0 Å². The lowest BCUT2D eigenvalue weighted by atomic mass is 9.93. The zero-order valence-electron chi connectivity index (χ0n) is 14.3. The summed E-state index contributed by atoms with van der Waals surface area (Å²) in [6, 6.07) is 11.5. The number of rotatable bonds is 7. The lowest BCUT2D eigenvalue weighted by Gasteiger charge is -2.18. The Morgan fingerprint density at radius 2 is 2.08 bits per heavy atom. The summed E-state index contributed by atoms with van der Waals surface area (Å²) in [5.41, 5.74) is 1.83. The van der Waals surface area contributed by atoms with Gasteiger partial charge < -0.3 is 15.1 Å². The highest BCUT2D eigenvalue weighted by molar-refractivity contribution is 5.94. The van der Waals surface area contributed by atoms with Gasteiger partial charge in [0.05, 0.1) is 12.8 Å². The van der Waals surface area contributed by atoms with Gasteiger partial charge in [0, 0.05) is 12.1 Å². The van der Waals surface area contributed by atoms with Crippen LogP contribution in [0.15, 0.2) is 59.2 Å². The molecule has 2 aliphatic rings. The second kappa shape index (κ2) is 7.28. The van der Waals surface area contributed by atoms with Crippen LogP contribution < -0.4 is 10.6 Å². The van der Waals surface area contributed by atoms with Crippen molar-refractivity contribution in [2.45, 2.75) is 25.9 Å². The topological polar surface area (TPSA) is 54.3 Å². The van der Waals surface area contributed by atoms with Crippen molar-refractivity contribution in [1.29, 1.82) is 0 Å². The third-order valence-electron chi connectivity index (χ3n) is 5.34. The Morgan fingerprint density at radius 1 is 1.12 bits per heavy atom. The summed E-state index contributed by atoms with van der Waals surface area (Å²) >= 11 is 0. The predicted molar refractivity (Wildman–Crippen MR) is 96.9 cm³/mol.